The van der Waals surface area contributed by atoms with Crippen molar-refractivity contribution in [2.75, 3.05) is 12.3 Å². The summed E-state index contributed by atoms with van der Waals surface area (Å²) in [6.45, 7) is 0.785. The summed E-state index contributed by atoms with van der Waals surface area (Å²) in [5, 5.41) is 7.41. The molecule has 0 aliphatic carbocycles. The van der Waals surface area contributed by atoms with Crippen LogP contribution in [0.3, 0.4) is 0 Å². The van der Waals surface area contributed by atoms with Crippen molar-refractivity contribution in [3.8, 4) is 5.75 Å². The minimum atomic E-state index is -0.509. The van der Waals surface area contributed by atoms with E-state index in [9.17, 15) is 9.18 Å². The van der Waals surface area contributed by atoms with Gasteiger partial charge in [-0.15, -0.1) is 0 Å². The number of nitrogens with zero attached hydrogens (tertiary/aromatic N) is 3. The summed E-state index contributed by atoms with van der Waals surface area (Å²) in [5.74, 6) is 0.457. The molecular formula is C14H12ClFN4O2S. The van der Waals surface area contributed by atoms with Gasteiger partial charge in [-0.1, -0.05) is 23.4 Å². The second-order valence-electron chi connectivity index (χ2n) is 4.58. The first kappa shape index (κ1) is 15.8. The zero-order valence-corrected chi connectivity index (χ0v) is 13.4. The first-order chi connectivity index (χ1) is 11.1. The molecule has 6 nitrogen and oxygen atoms in total. The summed E-state index contributed by atoms with van der Waals surface area (Å²) in [7, 11) is 0. The van der Waals surface area contributed by atoms with Crippen molar-refractivity contribution in [2.45, 2.75) is 6.73 Å². The lowest BCUT2D eigenvalue weighted by Crippen LogP contribution is -2.27. The number of benzene rings is 1. The predicted molar refractivity (Wildman–Crippen MR) is 86.5 cm³/mol. The summed E-state index contributed by atoms with van der Waals surface area (Å²) in [6.07, 6.45) is 1.61. The summed E-state index contributed by atoms with van der Waals surface area (Å²) in [5.41, 5.74) is 0.265. The van der Waals surface area contributed by atoms with E-state index in [0.717, 1.165) is 5.75 Å². The molecule has 1 aliphatic rings. The van der Waals surface area contributed by atoms with Crippen molar-refractivity contribution >= 4 is 34.4 Å². The average Bonchev–Trinajstić information content (AvgIpc) is 3.20. The van der Waals surface area contributed by atoms with Gasteiger partial charge in [0.2, 0.25) is 0 Å². The summed E-state index contributed by atoms with van der Waals surface area (Å²) in [6, 6.07) is 5.65. The maximum atomic E-state index is 13.1. The molecule has 1 N–H and O–H groups in total. The number of hydrogen-bond donors (Lipinski definition) is 1. The normalized spacial score (nSPS) is 13.7. The van der Waals surface area contributed by atoms with Crippen molar-refractivity contribution in [2.24, 2.45) is 4.99 Å². The molecule has 1 amide bonds. The van der Waals surface area contributed by atoms with Crippen LogP contribution in [-0.2, 0) is 6.73 Å². The number of amides is 1. The number of aliphatic imine (C=N–C) groups is 1. The zero-order valence-electron chi connectivity index (χ0n) is 11.8. The molecule has 2 heterocycles. The fraction of sp³-hybridized carbons (Fsp3) is 0.214. The van der Waals surface area contributed by atoms with E-state index in [0.29, 0.717) is 17.5 Å². The molecule has 0 radical (unpaired) electrons. The zero-order chi connectivity index (χ0) is 16.2. The van der Waals surface area contributed by atoms with Crippen LogP contribution in [0.5, 0.6) is 5.75 Å². The van der Waals surface area contributed by atoms with Crippen LogP contribution in [0, 0.1) is 5.82 Å². The molecule has 0 bridgehead atoms. The minimum Gasteiger partial charge on any atom is -0.471 e. The minimum absolute atomic E-state index is 0.0159. The Hall–Kier alpha value is -2.06. The third kappa shape index (κ3) is 4.02. The molecule has 2 aromatic rings. The maximum absolute atomic E-state index is 13.1. The van der Waals surface area contributed by atoms with Gasteiger partial charge in [0.05, 0.1) is 11.6 Å². The highest BCUT2D eigenvalue weighted by Gasteiger charge is 2.14. The molecule has 23 heavy (non-hydrogen) atoms. The molecule has 0 fully saturated rings. The Bertz CT molecular complexity index is 765. The Labute approximate surface area is 140 Å². The molecule has 0 atom stereocenters. The van der Waals surface area contributed by atoms with E-state index >= 15 is 0 Å². The highest BCUT2D eigenvalue weighted by atomic mass is 35.5. The number of amidine groups is 1. The predicted octanol–water partition coefficient (Wildman–Crippen LogP) is 2.54. The van der Waals surface area contributed by atoms with Crippen molar-refractivity contribution in [1.82, 2.24) is 15.1 Å². The molecule has 0 saturated carbocycles. The quantitative estimate of drug-likeness (QED) is 0.916. The summed E-state index contributed by atoms with van der Waals surface area (Å²) in [4.78, 5) is 16.1. The summed E-state index contributed by atoms with van der Waals surface area (Å²) < 4.78 is 20.0. The van der Waals surface area contributed by atoms with Gasteiger partial charge in [-0.3, -0.25) is 15.1 Å². The number of carbonyl (C=O) groups is 1. The van der Waals surface area contributed by atoms with Gasteiger partial charge < -0.3 is 4.74 Å². The van der Waals surface area contributed by atoms with Crippen molar-refractivity contribution < 1.29 is 13.9 Å². The van der Waals surface area contributed by atoms with Gasteiger partial charge in [0.1, 0.15) is 11.6 Å². The topological polar surface area (TPSA) is 68.5 Å². The van der Waals surface area contributed by atoms with E-state index in [1.54, 1.807) is 12.3 Å². The van der Waals surface area contributed by atoms with E-state index in [-0.39, 0.29) is 23.4 Å². The monoisotopic (exact) mass is 354 g/mol. The van der Waals surface area contributed by atoms with Gasteiger partial charge >= 0.3 is 0 Å². The Morgan fingerprint density at radius 1 is 1.48 bits per heavy atom. The molecule has 1 aromatic carbocycles. The van der Waals surface area contributed by atoms with Crippen molar-refractivity contribution in [1.29, 1.82) is 0 Å². The number of aromatic nitrogens is 2. The molecule has 1 aliphatic heterocycles. The Balaban J connectivity index is 1.58. The second kappa shape index (κ2) is 7.01. The largest absolute Gasteiger partial charge is 0.471 e. The van der Waals surface area contributed by atoms with Crippen molar-refractivity contribution in [3.63, 3.8) is 0 Å². The van der Waals surface area contributed by atoms with Gasteiger partial charge in [0.15, 0.2) is 17.6 Å². The average molecular weight is 355 g/mol. The van der Waals surface area contributed by atoms with Gasteiger partial charge in [-0.2, -0.15) is 5.10 Å². The molecule has 9 heteroatoms. The Morgan fingerprint density at radius 2 is 2.35 bits per heavy atom. The van der Waals surface area contributed by atoms with Gasteiger partial charge in [0.25, 0.3) is 5.91 Å². The standard InChI is InChI=1S/C14H12ClFN4O2S/c15-10-7-9(1-2-11(10)16)22-8-20-5-3-12(19-20)13(21)18-14-17-4-6-23-14/h1-3,5,7H,4,6,8H2,(H,17,18,21). The van der Waals surface area contributed by atoms with Crippen LogP contribution >= 0.6 is 23.4 Å². The highest BCUT2D eigenvalue weighted by molar-refractivity contribution is 8.14. The second-order valence-corrected chi connectivity index (χ2v) is 6.07. The van der Waals surface area contributed by atoms with Crippen LogP contribution in [-0.4, -0.2) is 33.2 Å². The van der Waals surface area contributed by atoms with E-state index < -0.39 is 5.82 Å². The van der Waals surface area contributed by atoms with Crippen molar-refractivity contribution in [3.05, 3.63) is 47.0 Å². The van der Waals surface area contributed by atoms with Crippen LogP contribution in [0.2, 0.25) is 5.02 Å². The van der Waals surface area contributed by atoms with E-state index in [1.807, 2.05) is 0 Å². The molecule has 0 unspecified atom stereocenters. The van der Waals surface area contributed by atoms with Crippen LogP contribution in [0.1, 0.15) is 10.5 Å². The molecular weight excluding hydrogens is 343 g/mol. The van der Waals surface area contributed by atoms with E-state index in [2.05, 4.69) is 15.4 Å². The lowest BCUT2D eigenvalue weighted by Gasteiger charge is -2.06. The fourth-order valence-electron chi connectivity index (χ4n) is 1.83. The number of rotatable bonds is 4. The molecule has 1 aromatic heterocycles. The van der Waals surface area contributed by atoms with Crippen LogP contribution in [0.15, 0.2) is 35.5 Å². The number of nitrogens with one attached hydrogen (secondary N) is 1. The number of carbonyl (C=O) groups excluding carboxylic acids is 1. The number of ether oxygens (including phenoxy) is 1. The SMILES string of the molecule is O=C(NC1=NCCS1)c1ccn(COc2ccc(F)c(Cl)c2)n1. The third-order valence-electron chi connectivity index (χ3n) is 2.93. The van der Waals surface area contributed by atoms with Gasteiger partial charge in [0, 0.05) is 18.0 Å². The molecule has 0 saturated heterocycles. The lowest BCUT2D eigenvalue weighted by atomic mass is 10.3. The first-order valence-corrected chi connectivity index (χ1v) is 8.08. The van der Waals surface area contributed by atoms with Gasteiger partial charge in [-0.25, -0.2) is 9.07 Å². The number of thioether (sulfide) groups is 1. The Morgan fingerprint density at radius 3 is 3.09 bits per heavy atom. The smallest absolute Gasteiger partial charge is 0.277 e. The van der Waals surface area contributed by atoms with E-state index in [1.165, 1.54) is 34.6 Å². The van der Waals surface area contributed by atoms with Gasteiger partial charge in [-0.05, 0) is 18.2 Å². The molecule has 0 spiro atoms. The molecule has 120 valence electrons. The van der Waals surface area contributed by atoms with Crippen LogP contribution in [0.25, 0.3) is 0 Å². The van der Waals surface area contributed by atoms with Crippen LogP contribution in [0.4, 0.5) is 4.39 Å². The highest BCUT2D eigenvalue weighted by Crippen LogP contribution is 2.21. The fourth-order valence-corrected chi connectivity index (χ4v) is 2.73. The van der Waals surface area contributed by atoms with Crippen LogP contribution < -0.4 is 10.1 Å². The first-order valence-electron chi connectivity index (χ1n) is 6.72. The Kier molecular flexibility index (Phi) is 4.82. The van der Waals surface area contributed by atoms with E-state index in [4.69, 9.17) is 16.3 Å². The molecule has 3 rings (SSSR count). The number of halogens is 2. The summed E-state index contributed by atoms with van der Waals surface area (Å²) >= 11 is 7.18. The third-order valence-corrected chi connectivity index (χ3v) is 4.11. The maximum Gasteiger partial charge on any atom is 0.277 e. The lowest BCUT2D eigenvalue weighted by molar-refractivity contribution is 0.0971. The number of hydrogen-bond acceptors (Lipinski definition) is 5.